The number of esters is 1. The van der Waals surface area contributed by atoms with Crippen LogP contribution in [0.25, 0.3) is 0 Å². The molecule has 1 aliphatic rings. The molecule has 3 nitrogen and oxygen atoms in total. The van der Waals surface area contributed by atoms with Crippen molar-refractivity contribution in [2.24, 2.45) is 0 Å². The van der Waals surface area contributed by atoms with E-state index < -0.39 is 11.2 Å². The van der Waals surface area contributed by atoms with Gasteiger partial charge in [-0.25, -0.2) is 4.79 Å². The molecule has 2 atom stereocenters. The molecule has 1 aromatic rings. The van der Waals surface area contributed by atoms with Crippen molar-refractivity contribution < 1.29 is 14.3 Å². The number of hydrogen-bond donors (Lipinski definition) is 0. The normalized spacial score (nSPS) is 32.2. The van der Waals surface area contributed by atoms with E-state index in [0.29, 0.717) is 6.61 Å². The van der Waals surface area contributed by atoms with Gasteiger partial charge in [-0.15, -0.1) is 0 Å². The van der Waals surface area contributed by atoms with Crippen molar-refractivity contribution in [3.8, 4) is 0 Å². The molecule has 1 aromatic carbocycles. The van der Waals surface area contributed by atoms with E-state index in [0.717, 1.165) is 5.56 Å². The molecule has 0 bridgehead atoms. The lowest BCUT2D eigenvalue weighted by atomic mass is 9.89. The molecule has 1 heterocycles. The van der Waals surface area contributed by atoms with Crippen molar-refractivity contribution in [2.45, 2.75) is 32.0 Å². The highest BCUT2D eigenvalue weighted by molar-refractivity contribution is 5.84. The number of carbonyl (C=O) groups excluding carboxylic acids is 1. The van der Waals surface area contributed by atoms with E-state index in [2.05, 4.69) is 0 Å². The summed E-state index contributed by atoms with van der Waals surface area (Å²) in [5.74, 6) is -0.290. The largest absolute Gasteiger partial charge is 0.464 e. The van der Waals surface area contributed by atoms with Gasteiger partial charge in [-0.1, -0.05) is 30.3 Å². The maximum atomic E-state index is 11.8. The van der Waals surface area contributed by atoms with E-state index in [-0.39, 0.29) is 5.97 Å². The summed E-state index contributed by atoms with van der Waals surface area (Å²) in [4.78, 5) is 11.8. The smallest absolute Gasteiger partial charge is 0.341 e. The van der Waals surface area contributed by atoms with Crippen molar-refractivity contribution in [2.75, 3.05) is 6.61 Å². The fourth-order valence-electron chi connectivity index (χ4n) is 1.98. The zero-order chi connectivity index (χ0) is 11.8. The van der Waals surface area contributed by atoms with E-state index in [1.807, 2.05) is 37.3 Å². The Labute approximate surface area is 95.4 Å². The summed E-state index contributed by atoms with van der Waals surface area (Å²) in [5, 5.41) is 0. The average molecular weight is 220 g/mol. The third kappa shape index (κ3) is 1.43. The van der Waals surface area contributed by atoms with Gasteiger partial charge in [-0.05, 0) is 26.3 Å². The molecular weight excluding hydrogens is 204 g/mol. The summed E-state index contributed by atoms with van der Waals surface area (Å²) in [5.41, 5.74) is -0.393. The number of hydrogen-bond acceptors (Lipinski definition) is 3. The number of rotatable bonds is 3. The molecule has 86 valence electrons. The van der Waals surface area contributed by atoms with Gasteiger partial charge in [0.15, 0.2) is 5.60 Å². The predicted molar refractivity (Wildman–Crippen MR) is 59.9 cm³/mol. The average Bonchev–Trinajstić information content (AvgIpc) is 2.87. The second-order valence-corrected chi connectivity index (χ2v) is 4.26. The molecule has 0 unspecified atom stereocenters. The van der Waals surface area contributed by atoms with Crippen LogP contribution in [0.5, 0.6) is 0 Å². The van der Waals surface area contributed by atoms with Crippen LogP contribution in [0, 0.1) is 0 Å². The molecule has 2 rings (SSSR count). The van der Waals surface area contributed by atoms with Crippen molar-refractivity contribution in [3.63, 3.8) is 0 Å². The number of epoxide rings is 1. The molecule has 0 amide bonds. The summed E-state index contributed by atoms with van der Waals surface area (Å²) < 4.78 is 10.6. The summed E-state index contributed by atoms with van der Waals surface area (Å²) in [6.07, 6.45) is 0. The van der Waals surface area contributed by atoms with Crippen LogP contribution in [0.4, 0.5) is 0 Å². The Kier molecular flexibility index (Phi) is 2.50. The number of ether oxygens (including phenoxy) is 2. The lowest BCUT2D eigenvalue weighted by Gasteiger charge is -2.11. The topological polar surface area (TPSA) is 38.8 Å². The predicted octanol–water partition coefficient (Wildman–Crippen LogP) is 2.25. The van der Waals surface area contributed by atoms with Crippen LogP contribution in [-0.4, -0.2) is 18.2 Å². The highest BCUT2D eigenvalue weighted by atomic mass is 16.7. The van der Waals surface area contributed by atoms with Crippen molar-refractivity contribution in [1.82, 2.24) is 0 Å². The lowest BCUT2D eigenvalue weighted by Crippen LogP contribution is -2.30. The molecule has 16 heavy (non-hydrogen) atoms. The van der Waals surface area contributed by atoms with Crippen LogP contribution in [0.15, 0.2) is 30.3 Å². The molecule has 0 saturated carbocycles. The minimum absolute atomic E-state index is 0.290. The molecule has 0 aromatic heterocycles. The van der Waals surface area contributed by atoms with E-state index in [4.69, 9.17) is 9.47 Å². The van der Waals surface area contributed by atoms with Crippen LogP contribution in [0.3, 0.4) is 0 Å². The van der Waals surface area contributed by atoms with Gasteiger partial charge < -0.3 is 9.47 Å². The minimum atomic E-state index is -0.843. The number of carbonyl (C=O) groups is 1. The van der Waals surface area contributed by atoms with Crippen molar-refractivity contribution >= 4 is 5.97 Å². The fraction of sp³-hybridized carbons (Fsp3) is 0.462. The van der Waals surface area contributed by atoms with E-state index in [1.165, 1.54) is 0 Å². The first-order valence-electron chi connectivity index (χ1n) is 5.47. The second kappa shape index (κ2) is 3.59. The van der Waals surface area contributed by atoms with Gasteiger partial charge >= 0.3 is 5.97 Å². The second-order valence-electron chi connectivity index (χ2n) is 4.26. The zero-order valence-corrected chi connectivity index (χ0v) is 9.82. The van der Waals surface area contributed by atoms with Gasteiger partial charge in [0.05, 0.1) is 6.61 Å². The van der Waals surface area contributed by atoms with Crippen LogP contribution < -0.4 is 0 Å². The Balaban J connectivity index is 2.23. The standard InChI is InChI=1S/C13H16O3/c1-4-15-11(14)13(3)12(2,16-13)10-8-6-5-7-9-10/h5-9H,4H2,1-3H3/t12-,13+/m0/s1. The molecule has 0 spiro atoms. The van der Waals surface area contributed by atoms with Gasteiger partial charge in [0.25, 0.3) is 0 Å². The fourth-order valence-corrected chi connectivity index (χ4v) is 1.98. The molecular formula is C13H16O3. The quantitative estimate of drug-likeness (QED) is 0.579. The van der Waals surface area contributed by atoms with Crippen molar-refractivity contribution in [1.29, 1.82) is 0 Å². The first kappa shape index (κ1) is 11.1. The van der Waals surface area contributed by atoms with Gasteiger partial charge in [0.2, 0.25) is 0 Å². The first-order valence-corrected chi connectivity index (χ1v) is 5.47. The third-order valence-corrected chi connectivity index (χ3v) is 3.27. The van der Waals surface area contributed by atoms with E-state index in [1.54, 1.807) is 13.8 Å². The molecule has 1 fully saturated rings. The van der Waals surface area contributed by atoms with Crippen LogP contribution in [0.2, 0.25) is 0 Å². The molecule has 0 N–H and O–H groups in total. The maximum absolute atomic E-state index is 11.8. The van der Waals surface area contributed by atoms with Gasteiger partial charge in [-0.2, -0.15) is 0 Å². The van der Waals surface area contributed by atoms with Gasteiger partial charge in [-0.3, -0.25) is 0 Å². The Morgan fingerprint density at radius 2 is 1.94 bits per heavy atom. The molecule has 1 aliphatic heterocycles. The Hall–Kier alpha value is -1.35. The summed E-state index contributed by atoms with van der Waals surface area (Å²) in [6, 6.07) is 9.74. The van der Waals surface area contributed by atoms with Gasteiger partial charge in [0.1, 0.15) is 5.60 Å². The van der Waals surface area contributed by atoms with E-state index in [9.17, 15) is 4.79 Å². The maximum Gasteiger partial charge on any atom is 0.341 e. The molecule has 3 heteroatoms. The monoisotopic (exact) mass is 220 g/mol. The summed E-state index contributed by atoms with van der Waals surface area (Å²) in [7, 11) is 0. The Morgan fingerprint density at radius 1 is 1.31 bits per heavy atom. The first-order chi connectivity index (χ1) is 7.54. The highest BCUT2D eigenvalue weighted by Crippen LogP contribution is 2.55. The highest BCUT2D eigenvalue weighted by Gasteiger charge is 2.70. The van der Waals surface area contributed by atoms with Gasteiger partial charge in [0, 0.05) is 0 Å². The van der Waals surface area contributed by atoms with E-state index >= 15 is 0 Å². The molecule has 0 radical (unpaired) electrons. The molecule has 1 saturated heterocycles. The zero-order valence-electron chi connectivity index (χ0n) is 9.82. The lowest BCUT2D eigenvalue weighted by molar-refractivity contribution is -0.148. The van der Waals surface area contributed by atoms with Crippen LogP contribution in [0.1, 0.15) is 26.3 Å². The Morgan fingerprint density at radius 3 is 2.50 bits per heavy atom. The minimum Gasteiger partial charge on any atom is -0.464 e. The Bertz CT molecular complexity index is 401. The third-order valence-electron chi connectivity index (χ3n) is 3.27. The van der Waals surface area contributed by atoms with Crippen LogP contribution in [-0.2, 0) is 19.9 Å². The summed E-state index contributed by atoms with van der Waals surface area (Å²) >= 11 is 0. The SMILES string of the molecule is CCOC(=O)[C@@]1(C)O[C@@]1(C)c1ccccc1. The molecule has 0 aliphatic carbocycles. The summed E-state index contributed by atoms with van der Waals surface area (Å²) in [6.45, 7) is 5.86. The van der Waals surface area contributed by atoms with Crippen LogP contribution >= 0.6 is 0 Å². The van der Waals surface area contributed by atoms with Crippen molar-refractivity contribution in [3.05, 3.63) is 35.9 Å². The number of benzene rings is 1.